The van der Waals surface area contributed by atoms with Gasteiger partial charge in [0, 0.05) is 6.07 Å². The van der Waals surface area contributed by atoms with Crippen molar-refractivity contribution >= 4 is 44.2 Å². The molecule has 3 aromatic carbocycles. The molecule has 7 heteroatoms. The van der Waals surface area contributed by atoms with Crippen LogP contribution < -0.4 is 9.64 Å². The number of carbonyl (C=O) groups is 1. The van der Waals surface area contributed by atoms with Crippen molar-refractivity contribution in [2.75, 3.05) is 12.0 Å². The van der Waals surface area contributed by atoms with Crippen molar-refractivity contribution < 1.29 is 13.9 Å². The first-order valence-corrected chi connectivity index (χ1v) is 10.00. The molecule has 0 saturated heterocycles. The third kappa shape index (κ3) is 4.09. The van der Waals surface area contributed by atoms with Gasteiger partial charge in [0.2, 0.25) is 0 Å². The molecule has 0 aliphatic heterocycles. The predicted molar refractivity (Wildman–Crippen MR) is 115 cm³/mol. The Balaban J connectivity index is 1.78. The second-order valence-electron chi connectivity index (χ2n) is 6.33. The number of methoxy groups -OCH3 is 1. The van der Waals surface area contributed by atoms with Crippen LogP contribution in [0.3, 0.4) is 0 Å². The SMILES string of the molecule is COc1ccc2sc(N(Cc3ccccc3)C(=O)c3ccc(F)cc3Cl)nc2c1. The lowest BCUT2D eigenvalue weighted by Gasteiger charge is -2.20. The lowest BCUT2D eigenvalue weighted by atomic mass is 10.1. The van der Waals surface area contributed by atoms with Gasteiger partial charge in [0.25, 0.3) is 5.91 Å². The van der Waals surface area contributed by atoms with Gasteiger partial charge in [-0.05, 0) is 35.9 Å². The van der Waals surface area contributed by atoms with Gasteiger partial charge < -0.3 is 4.74 Å². The summed E-state index contributed by atoms with van der Waals surface area (Å²) in [6.07, 6.45) is 0. The van der Waals surface area contributed by atoms with E-state index in [1.807, 2.05) is 48.5 Å². The number of hydrogen-bond donors (Lipinski definition) is 0. The first kappa shape index (κ1) is 19.4. The second-order valence-corrected chi connectivity index (χ2v) is 7.75. The standard InChI is InChI=1S/C22H16ClFN2O2S/c1-28-16-8-10-20-19(12-16)25-22(29-20)26(13-14-5-3-2-4-6-14)21(27)17-9-7-15(24)11-18(17)23/h2-12H,13H2,1H3. The number of thiazole rings is 1. The molecule has 0 unspecified atom stereocenters. The molecule has 1 amide bonds. The molecular formula is C22H16ClFN2O2S. The Labute approximate surface area is 176 Å². The van der Waals surface area contributed by atoms with Crippen molar-refractivity contribution in [2.24, 2.45) is 0 Å². The quantitative estimate of drug-likeness (QED) is 0.396. The first-order valence-electron chi connectivity index (χ1n) is 8.80. The molecule has 0 atom stereocenters. The maximum Gasteiger partial charge on any atom is 0.261 e. The van der Waals surface area contributed by atoms with E-state index in [4.69, 9.17) is 16.3 Å². The summed E-state index contributed by atoms with van der Waals surface area (Å²) in [6, 6.07) is 18.9. The third-order valence-electron chi connectivity index (χ3n) is 4.40. The molecule has 146 valence electrons. The van der Waals surface area contributed by atoms with Crippen LogP contribution in [0.25, 0.3) is 10.2 Å². The zero-order valence-electron chi connectivity index (χ0n) is 15.4. The summed E-state index contributed by atoms with van der Waals surface area (Å²) in [5, 5.41) is 0.596. The number of carbonyl (C=O) groups excluding carboxylic acids is 1. The molecule has 0 saturated carbocycles. The summed E-state index contributed by atoms with van der Waals surface area (Å²) in [7, 11) is 1.59. The molecule has 0 spiro atoms. The number of ether oxygens (including phenoxy) is 1. The minimum Gasteiger partial charge on any atom is -0.497 e. The average Bonchev–Trinajstić information content (AvgIpc) is 3.15. The normalized spacial score (nSPS) is 10.9. The minimum absolute atomic E-state index is 0.0656. The van der Waals surface area contributed by atoms with E-state index in [0.29, 0.717) is 17.4 Å². The van der Waals surface area contributed by atoms with Crippen molar-refractivity contribution in [2.45, 2.75) is 6.54 Å². The van der Waals surface area contributed by atoms with Gasteiger partial charge >= 0.3 is 0 Å². The Morgan fingerprint density at radius 1 is 1.14 bits per heavy atom. The fourth-order valence-corrected chi connectivity index (χ4v) is 4.13. The van der Waals surface area contributed by atoms with E-state index in [0.717, 1.165) is 21.8 Å². The second kappa shape index (κ2) is 8.19. The lowest BCUT2D eigenvalue weighted by Crippen LogP contribution is -2.30. The number of rotatable bonds is 5. The van der Waals surface area contributed by atoms with Crippen LogP contribution in [0.2, 0.25) is 5.02 Å². The summed E-state index contributed by atoms with van der Waals surface area (Å²) in [6.45, 7) is 0.310. The van der Waals surface area contributed by atoms with Gasteiger partial charge in [0.05, 0.1) is 34.5 Å². The van der Waals surface area contributed by atoms with Crippen molar-refractivity contribution in [3.63, 3.8) is 0 Å². The molecular weight excluding hydrogens is 411 g/mol. The van der Waals surface area contributed by atoms with E-state index in [-0.39, 0.29) is 16.5 Å². The first-order chi connectivity index (χ1) is 14.0. The van der Waals surface area contributed by atoms with E-state index in [1.54, 1.807) is 12.0 Å². The maximum absolute atomic E-state index is 13.5. The Bertz CT molecular complexity index is 1180. The highest BCUT2D eigenvalue weighted by Gasteiger charge is 2.24. The predicted octanol–water partition coefficient (Wildman–Crippen LogP) is 5.94. The Hall–Kier alpha value is -2.96. The van der Waals surface area contributed by atoms with E-state index in [9.17, 15) is 9.18 Å². The molecule has 0 bridgehead atoms. The Kier molecular flexibility index (Phi) is 5.47. The number of benzene rings is 3. The van der Waals surface area contributed by atoms with E-state index >= 15 is 0 Å². The van der Waals surface area contributed by atoms with Gasteiger partial charge in [-0.1, -0.05) is 53.3 Å². The fraction of sp³-hybridized carbons (Fsp3) is 0.0909. The highest BCUT2D eigenvalue weighted by molar-refractivity contribution is 7.22. The van der Waals surface area contributed by atoms with Crippen LogP contribution in [-0.2, 0) is 6.54 Å². The van der Waals surface area contributed by atoms with Crippen LogP contribution in [0, 0.1) is 5.82 Å². The lowest BCUT2D eigenvalue weighted by molar-refractivity contribution is 0.0985. The zero-order chi connectivity index (χ0) is 20.4. The smallest absolute Gasteiger partial charge is 0.261 e. The Morgan fingerprint density at radius 3 is 2.66 bits per heavy atom. The molecule has 0 radical (unpaired) electrons. The largest absolute Gasteiger partial charge is 0.497 e. The van der Waals surface area contributed by atoms with E-state index < -0.39 is 5.82 Å². The number of aromatic nitrogens is 1. The van der Waals surface area contributed by atoms with Gasteiger partial charge in [-0.15, -0.1) is 0 Å². The van der Waals surface area contributed by atoms with E-state index in [1.165, 1.54) is 23.5 Å². The van der Waals surface area contributed by atoms with Crippen molar-refractivity contribution in [1.82, 2.24) is 4.98 Å². The number of fused-ring (bicyclic) bond motifs is 1. The molecule has 4 rings (SSSR count). The number of nitrogens with zero attached hydrogens (tertiary/aromatic N) is 2. The third-order valence-corrected chi connectivity index (χ3v) is 5.78. The number of amides is 1. The number of hydrogen-bond acceptors (Lipinski definition) is 4. The number of anilines is 1. The van der Waals surface area contributed by atoms with Crippen LogP contribution in [0.5, 0.6) is 5.75 Å². The Morgan fingerprint density at radius 2 is 1.93 bits per heavy atom. The van der Waals surface area contributed by atoms with Gasteiger partial charge in [-0.3, -0.25) is 9.69 Å². The van der Waals surface area contributed by atoms with Crippen molar-refractivity contribution in [3.05, 3.63) is 88.7 Å². The van der Waals surface area contributed by atoms with Crippen LogP contribution in [0.4, 0.5) is 9.52 Å². The maximum atomic E-state index is 13.5. The fourth-order valence-electron chi connectivity index (χ4n) is 2.94. The molecule has 0 N–H and O–H groups in total. The average molecular weight is 427 g/mol. The molecule has 0 fully saturated rings. The summed E-state index contributed by atoms with van der Waals surface area (Å²) in [4.78, 5) is 19.5. The molecule has 0 aliphatic rings. The van der Waals surface area contributed by atoms with Crippen LogP contribution in [0.15, 0.2) is 66.7 Å². The monoisotopic (exact) mass is 426 g/mol. The van der Waals surface area contributed by atoms with Gasteiger partial charge in [0.1, 0.15) is 11.6 Å². The van der Waals surface area contributed by atoms with Crippen molar-refractivity contribution in [3.8, 4) is 5.75 Å². The summed E-state index contributed by atoms with van der Waals surface area (Å²) in [5.74, 6) is -0.144. The van der Waals surface area contributed by atoms with Gasteiger partial charge in [-0.2, -0.15) is 0 Å². The minimum atomic E-state index is -0.492. The van der Waals surface area contributed by atoms with Crippen molar-refractivity contribution in [1.29, 1.82) is 0 Å². The van der Waals surface area contributed by atoms with E-state index in [2.05, 4.69) is 4.98 Å². The highest BCUT2D eigenvalue weighted by atomic mass is 35.5. The summed E-state index contributed by atoms with van der Waals surface area (Å²) >= 11 is 7.55. The molecule has 29 heavy (non-hydrogen) atoms. The topological polar surface area (TPSA) is 42.4 Å². The molecule has 1 heterocycles. The summed E-state index contributed by atoms with van der Waals surface area (Å²) in [5.41, 5.74) is 1.90. The van der Waals surface area contributed by atoms with Crippen LogP contribution in [-0.4, -0.2) is 18.0 Å². The molecule has 0 aliphatic carbocycles. The zero-order valence-corrected chi connectivity index (χ0v) is 17.0. The van der Waals surface area contributed by atoms with Gasteiger partial charge in [0.15, 0.2) is 5.13 Å². The van der Waals surface area contributed by atoms with Crippen LogP contribution >= 0.6 is 22.9 Å². The molecule has 4 aromatic rings. The number of halogens is 2. The highest BCUT2D eigenvalue weighted by Crippen LogP contribution is 2.33. The molecule has 4 nitrogen and oxygen atoms in total. The summed E-state index contributed by atoms with van der Waals surface area (Å²) < 4.78 is 19.7. The van der Waals surface area contributed by atoms with Gasteiger partial charge in [-0.25, -0.2) is 9.37 Å². The van der Waals surface area contributed by atoms with Crippen LogP contribution in [0.1, 0.15) is 15.9 Å². The molecule has 1 aromatic heterocycles.